The van der Waals surface area contributed by atoms with Crippen molar-refractivity contribution in [3.05, 3.63) is 132 Å². The number of rotatable bonds is 8. The van der Waals surface area contributed by atoms with Crippen LogP contribution in [0.3, 0.4) is 0 Å². The monoisotopic (exact) mass is 474 g/mol. The second kappa shape index (κ2) is 10.3. The predicted molar refractivity (Wildman–Crippen MR) is 130 cm³/mol. The minimum Gasteiger partial charge on any atom is -0.348 e. The number of benzene rings is 4. The first kappa shape index (κ1) is 23.2. The lowest BCUT2D eigenvalue weighted by atomic mass is 10.1. The van der Waals surface area contributed by atoms with Gasteiger partial charge in [-0.3, -0.25) is 9.10 Å². The van der Waals surface area contributed by atoms with E-state index in [0.717, 1.165) is 11.1 Å². The SMILES string of the molecule is O=C(NCc1ccc(F)cc1)c1ccccc1N(Cc1ccccc1)S(=O)(=O)c1ccccc1. The van der Waals surface area contributed by atoms with Crippen molar-refractivity contribution in [2.75, 3.05) is 4.31 Å². The van der Waals surface area contributed by atoms with Gasteiger partial charge in [0.2, 0.25) is 0 Å². The van der Waals surface area contributed by atoms with Gasteiger partial charge in [-0.2, -0.15) is 0 Å². The van der Waals surface area contributed by atoms with Gasteiger partial charge in [-0.05, 0) is 47.5 Å². The zero-order valence-electron chi connectivity index (χ0n) is 18.3. The van der Waals surface area contributed by atoms with Crippen LogP contribution in [0, 0.1) is 5.82 Å². The van der Waals surface area contributed by atoms with Crippen molar-refractivity contribution in [2.24, 2.45) is 0 Å². The van der Waals surface area contributed by atoms with E-state index in [1.165, 1.54) is 28.6 Å². The second-order valence-corrected chi connectivity index (χ2v) is 9.50. The van der Waals surface area contributed by atoms with Crippen molar-refractivity contribution in [3.8, 4) is 0 Å². The third kappa shape index (κ3) is 5.32. The molecule has 34 heavy (non-hydrogen) atoms. The predicted octanol–water partition coefficient (Wildman–Crippen LogP) is 5.15. The fourth-order valence-electron chi connectivity index (χ4n) is 3.53. The smallest absolute Gasteiger partial charge is 0.264 e. The number of hydrogen-bond donors (Lipinski definition) is 1. The number of halogens is 1. The molecule has 4 aromatic rings. The summed E-state index contributed by atoms with van der Waals surface area (Å²) in [4.78, 5) is 13.3. The van der Waals surface area contributed by atoms with E-state index in [4.69, 9.17) is 0 Å². The molecule has 0 spiro atoms. The number of carbonyl (C=O) groups is 1. The van der Waals surface area contributed by atoms with Gasteiger partial charge in [-0.25, -0.2) is 12.8 Å². The Morgan fingerprint density at radius 1 is 0.735 bits per heavy atom. The van der Waals surface area contributed by atoms with Crippen molar-refractivity contribution < 1.29 is 17.6 Å². The van der Waals surface area contributed by atoms with Crippen LogP contribution in [0.5, 0.6) is 0 Å². The molecule has 0 heterocycles. The van der Waals surface area contributed by atoms with E-state index in [1.807, 2.05) is 30.3 Å². The lowest BCUT2D eigenvalue weighted by Crippen LogP contribution is -2.33. The third-order valence-corrected chi connectivity index (χ3v) is 7.06. The summed E-state index contributed by atoms with van der Waals surface area (Å²) in [7, 11) is -3.97. The molecule has 0 bridgehead atoms. The first-order valence-electron chi connectivity index (χ1n) is 10.7. The molecule has 0 unspecified atom stereocenters. The van der Waals surface area contributed by atoms with E-state index in [1.54, 1.807) is 54.6 Å². The molecule has 0 aliphatic carbocycles. The maximum Gasteiger partial charge on any atom is 0.264 e. The van der Waals surface area contributed by atoms with Crippen molar-refractivity contribution in [1.82, 2.24) is 5.32 Å². The highest BCUT2D eigenvalue weighted by Crippen LogP contribution is 2.29. The molecule has 0 saturated carbocycles. The van der Waals surface area contributed by atoms with Crippen molar-refractivity contribution >= 4 is 21.6 Å². The lowest BCUT2D eigenvalue weighted by molar-refractivity contribution is 0.0951. The number of nitrogens with zero attached hydrogens (tertiary/aromatic N) is 1. The summed E-state index contributed by atoms with van der Waals surface area (Å²) in [5.74, 6) is -0.788. The zero-order chi connectivity index (χ0) is 24.0. The fourth-order valence-corrected chi connectivity index (χ4v) is 5.02. The molecule has 0 radical (unpaired) electrons. The van der Waals surface area contributed by atoms with Crippen LogP contribution >= 0.6 is 0 Å². The molecule has 5 nitrogen and oxygen atoms in total. The number of para-hydroxylation sites is 1. The maximum atomic E-state index is 13.7. The summed E-state index contributed by atoms with van der Waals surface area (Å²) < 4.78 is 41.8. The summed E-state index contributed by atoms with van der Waals surface area (Å²) in [5.41, 5.74) is 2.00. The van der Waals surface area contributed by atoms with E-state index in [2.05, 4.69) is 5.32 Å². The Labute approximate surface area is 198 Å². The van der Waals surface area contributed by atoms with Crippen LogP contribution in [0.1, 0.15) is 21.5 Å². The molecule has 4 aromatic carbocycles. The zero-order valence-corrected chi connectivity index (χ0v) is 19.1. The summed E-state index contributed by atoms with van der Waals surface area (Å²) in [5, 5.41) is 2.80. The van der Waals surface area contributed by atoms with E-state index in [-0.39, 0.29) is 35.1 Å². The number of nitrogens with one attached hydrogen (secondary N) is 1. The maximum absolute atomic E-state index is 13.7. The topological polar surface area (TPSA) is 66.5 Å². The van der Waals surface area contributed by atoms with Crippen LogP contribution in [0.4, 0.5) is 10.1 Å². The molecule has 1 amide bonds. The Bertz CT molecular complexity index is 1360. The molecule has 7 heteroatoms. The van der Waals surface area contributed by atoms with E-state index in [0.29, 0.717) is 0 Å². The largest absolute Gasteiger partial charge is 0.348 e. The van der Waals surface area contributed by atoms with E-state index in [9.17, 15) is 17.6 Å². The average molecular weight is 475 g/mol. The Balaban J connectivity index is 1.70. The standard InChI is InChI=1S/C27H23FN2O3S/c28-23-17-15-21(16-18-23)19-29-27(31)25-13-7-8-14-26(25)30(20-22-9-3-1-4-10-22)34(32,33)24-11-5-2-6-12-24/h1-18H,19-20H2,(H,29,31). The fraction of sp³-hybridized carbons (Fsp3) is 0.0741. The van der Waals surface area contributed by atoms with Crippen LogP contribution in [0.15, 0.2) is 114 Å². The van der Waals surface area contributed by atoms with Gasteiger partial charge in [-0.1, -0.05) is 72.8 Å². The number of carbonyl (C=O) groups excluding carboxylic acids is 1. The molecular formula is C27H23FN2O3S. The minimum atomic E-state index is -3.97. The second-order valence-electron chi connectivity index (χ2n) is 7.64. The summed E-state index contributed by atoms with van der Waals surface area (Å²) >= 11 is 0. The Hall–Kier alpha value is -3.97. The van der Waals surface area contributed by atoms with Crippen LogP contribution < -0.4 is 9.62 Å². The van der Waals surface area contributed by atoms with Gasteiger partial charge < -0.3 is 5.32 Å². The summed E-state index contributed by atoms with van der Waals surface area (Å²) in [6, 6.07) is 29.8. The van der Waals surface area contributed by atoms with Crippen LogP contribution in [0.25, 0.3) is 0 Å². The lowest BCUT2D eigenvalue weighted by Gasteiger charge is -2.26. The van der Waals surface area contributed by atoms with Crippen molar-refractivity contribution in [1.29, 1.82) is 0 Å². The quantitative estimate of drug-likeness (QED) is 0.384. The summed E-state index contributed by atoms with van der Waals surface area (Å²) in [6.45, 7) is 0.234. The molecule has 0 atom stereocenters. The van der Waals surface area contributed by atoms with Gasteiger partial charge in [0, 0.05) is 6.54 Å². The summed E-state index contributed by atoms with van der Waals surface area (Å²) in [6.07, 6.45) is 0. The molecule has 0 aliphatic rings. The van der Waals surface area contributed by atoms with Crippen molar-refractivity contribution in [2.45, 2.75) is 18.0 Å². The van der Waals surface area contributed by atoms with E-state index >= 15 is 0 Å². The normalized spacial score (nSPS) is 11.1. The highest BCUT2D eigenvalue weighted by Gasteiger charge is 2.28. The third-order valence-electron chi connectivity index (χ3n) is 5.28. The van der Waals surface area contributed by atoms with Crippen LogP contribution in [0.2, 0.25) is 0 Å². The molecule has 4 rings (SSSR count). The van der Waals surface area contributed by atoms with Crippen LogP contribution in [-0.4, -0.2) is 14.3 Å². The molecule has 172 valence electrons. The first-order chi connectivity index (χ1) is 16.4. The van der Waals surface area contributed by atoms with Crippen LogP contribution in [-0.2, 0) is 23.1 Å². The average Bonchev–Trinajstić information content (AvgIpc) is 2.88. The van der Waals surface area contributed by atoms with Gasteiger partial charge in [-0.15, -0.1) is 0 Å². The van der Waals surface area contributed by atoms with Gasteiger partial charge in [0.1, 0.15) is 5.82 Å². The molecule has 1 N–H and O–H groups in total. The first-order valence-corrected chi connectivity index (χ1v) is 12.1. The Morgan fingerprint density at radius 2 is 1.32 bits per heavy atom. The number of sulfonamides is 1. The molecule has 0 saturated heterocycles. The van der Waals surface area contributed by atoms with Gasteiger partial charge in [0.25, 0.3) is 15.9 Å². The number of anilines is 1. The number of amides is 1. The Kier molecular flexibility index (Phi) is 7.04. The highest BCUT2D eigenvalue weighted by atomic mass is 32.2. The molecule has 0 aliphatic heterocycles. The molecule has 0 fully saturated rings. The van der Waals surface area contributed by atoms with Gasteiger partial charge in [0.15, 0.2) is 0 Å². The van der Waals surface area contributed by atoms with Crippen molar-refractivity contribution in [3.63, 3.8) is 0 Å². The van der Waals surface area contributed by atoms with E-state index < -0.39 is 15.9 Å². The number of hydrogen-bond acceptors (Lipinski definition) is 3. The molecule has 0 aromatic heterocycles. The minimum absolute atomic E-state index is 0.0559. The highest BCUT2D eigenvalue weighted by molar-refractivity contribution is 7.92. The van der Waals surface area contributed by atoms with Gasteiger partial charge in [0.05, 0.1) is 22.7 Å². The van der Waals surface area contributed by atoms with Gasteiger partial charge >= 0.3 is 0 Å². The Morgan fingerprint density at radius 3 is 2.00 bits per heavy atom. The molecular weight excluding hydrogens is 451 g/mol.